The Kier molecular flexibility index (Phi) is 3.30. The van der Waals surface area contributed by atoms with Gasteiger partial charge in [-0.25, -0.2) is 0 Å². The van der Waals surface area contributed by atoms with E-state index in [2.05, 4.69) is 0 Å². The highest BCUT2D eigenvalue weighted by Gasteiger charge is 2.26. The SMILES string of the molecule is CC(C)(Oc1ccccc1)C(=O)I. The molecule has 0 bridgehead atoms. The Morgan fingerprint density at radius 2 is 1.85 bits per heavy atom. The molecule has 0 aromatic heterocycles. The van der Waals surface area contributed by atoms with E-state index < -0.39 is 5.60 Å². The first kappa shape index (κ1) is 10.5. The average Bonchev–Trinajstić information content (AvgIpc) is 2.05. The molecule has 1 aromatic carbocycles. The van der Waals surface area contributed by atoms with Gasteiger partial charge in [-0.1, -0.05) is 18.2 Å². The predicted molar refractivity (Wildman–Crippen MR) is 60.2 cm³/mol. The van der Waals surface area contributed by atoms with Crippen LogP contribution in [0.4, 0.5) is 0 Å². The number of carbonyl (C=O) groups is 1. The molecule has 0 heterocycles. The minimum absolute atomic E-state index is 0.00560. The van der Waals surface area contributed by atoms with Crippen LogP contribution in [0.5, 0.6) is 5.75 Å². The summed E-state index contributed by atoms with van der Waals surface area (Å²) in [6, 6.07) is 9.33. The lowest BCUT2D eigenvalue weighted by atomic mass is 10.2. The molecular weight excluding hydrogens is 279 g/mol. The molecular formula is C10H11IO2. The van der Waals surface area contributed by atoms with Gasteiger partial charge >= 0.3 is 0 Å². The number of carbonyl (C=O) groups excluding carboxylic acids is 1. The number of ether oxygens (including phenoxy) is 1. The molecule has 0 atom stereocenters. The summed E-state index contributed by atoms with van der Waals surface area (Å²) in [6.45, 7) is 3.52. The minimum Gasteiger partial charge on any atom is -0.479 e. The molecule has 1 aromatic rings. The molecule has 0 saturated carbocycles. The monoisotopic (exact) mass is 290 g/mol. The van der Waals surface area contributed by atoms with E-state index in [0.717, 1.165) is 5.75 Å². The third-order valence-electron chi connectivity index (χ3n) is 1.59. The Balaban J connectivity index is 2.75. The van der Waals surface area contributed by atoms with Gasteiger partial charge in [-0.15, -0.1) is 0 Å². The molecule has 0 fully saturated rings. The van der Waals surface area contributed by atoms with Crippen LogP contribution >= 0.6 is 22.6 Å². The van der Waals surface area contributed by atoms with Crippen LogP contribution in [0.3, 0.4) is 0 Å². The van der Waals surface area contributed by atoms with Crippen LogP contribution in [0.1, 0.15) is 13.8 Å². The molecule has 0 unspecified atom stereocenters. The number of rotatable bonds is 3. The van der Waals surface area contributed by atoms with Crippen molar-refractivity contribution >= 4 is 26.4 Å². The highest BCUT2D eigenvalue weighted by atomic mass is 127. The molecule has 0 amide bonds. The van der Waals surface area contributed by atoms with E-state index in [9.17, 15) is 4.79 Å². The second kappa shape index (κ2) is 4.09. The van der Waals surface area contributed by atoms with Crippen molar-refractivity contribution in [2.24, 2.45) is 0 Å². The summed E-state index contributed by atoms with van der Waals surface area (Å²) in [5.74, 6) is 0.720. The third kappa shape index (κ3) is 2.99. The van der Waals surface area contributed by atoms with Gasteiger partial charge in [-0.05, 0) is 26.0 Å². The highest BCUT2D eigenvalue weighted by molar-refractivity contribution is 14.1. The number of benzene rings is 1. The van der Waals surface area contributed by atoms with Gasteiger partial charge in [0.05, 0.1) is 0 Å². The summed E-state index contributed by atoms with van der Waals surface area (Å²) in [5, 5.41) is 0. The van der Waals surface area contributed by atoms with Crippen molar-refractivity contribution in [2.45, 2.75) is 19.4 Å². The van der Waals surface area contributed by atoms with E-state index in [1.54, 1.807) is 36.4 Å². The lowest BCUT2D eigenvalue weighted by molar-refractivity contribution is -0.120. The number of hydrogen-bond acceptors (Lipinski definition) is 2. The average molecular weight is 290 g/mol. The van der Waals surface area contributed by atoms with Crippen LogP contribution in [0.15, 0.2) is 30.3 Å². The van der Waals surface area contributed by atoms with E-state index in [1.807, 2.05) is 30.3 Å². The first-order chi connectivity index (χ1) is 6.02. The Morgan fingerprint density at radius 1 is 1.31 bits per heavy atom. The van der Waals surface area contributed by atoms with E-state index in [1.165, 1.54) is 0 Å². The second-order valence-electron chi connectivity index (χ2n) is 3.20. The molecule has 70 valence electrons. The van der Waals surface area contributed by atoms with Crippen molar-refractivity contribution in [3.05, 3.63) is 30.3 Å². The number of halogens is 1. The van der Waals surface area contributed by atoms with Gasteiger partial charge in [-0.2, -0.15) is 0 Å². The van der Waals surface area contributed by atoms with Crippen molar-refractivity contribution in [3.63, 3.8) is 0 Å². The molecule has 0 aliphatic rings. The van der Waals surface area contributed by atoms with E-state index in [-0.39, 0.29) is 3.79 Å². The highest BCUT2D eigenvalue weighted by Crippen LogP contribution is 2.20. The largest absolute Gasteiger partial charge is 0.479 e. The Hall–Kier alpha value is -0.580. The van der Waals surface area contributed by atoms with Crippen LogP contribution in [0, 0.1) is 0 Å². The first-order valence-corrected chi connectivity index (χ1v) is 5.04. The Morgan fingerprint density at radius 3 is 2.31 bits per heavy atom. The maximum Gasteiger partial charge on any atom is 0.235 e. The van der Waals surface area contributed by atoms with E-state index >= 15 is 0 Å². The van der Waals surface area contributed by atoms with Gasteiger partial charge in [0.2, 0.25) is 3.79 Å². The van der Waals surface area contributed by atoms with Crippen molar-refractivity contribution in [1.82, 2.24) is 0 Å². The maximum absolute atomic E-state index is 11.1. The fourth-order valence-corrected chi connectivity index (χ4v) is 0.933. The smallest absolute Gasteiger partial charge is 0.235 e. The quantitative estimate of drug-likeness (QED) is 0.632. The first-order valence-electron chi connectivity index (χ1n) is 3.96. The molecule has 0 saturated heterocycles. The zero-order valence-corrected chi connectivity index (χ0v) is 9.74. The molecule has 0 spiro atoms. The van der Waals surface area contributed by atoms with E-state index in [0.29, 0.717) is 0 Å². The molecule has 0 aliphatic heterocycles. The maximum atomic E-state index is 11.1. The molecule has 0 N–H and O–H groups in total. The van der Waals surface area contributed by atoms with Gasteiger partial charge in [0.15, 0.2) is 5.60 Å². The predicted octanol–water partition coefficient (Wildman–Crippen LogP) is 2.81. The van der Waals surface area contributed by atoms with Crippen molar-refractivity contribution in [1.29, 1.82) is 0 Å². The van der Waals surface area contributed by atoms with Gasteiger partial charge in [0.25, 0.3) is 0 Å². The fraction of sp³-hybridized carbons (Fsp3) is 0.300. The standard InChI is InChI=1S/C10H11IO2/c1-10(2,9(11)12)13-8-6-4-3-5-7-8/h3-7H,1-2H3. The normalized spacial score (nSPS) is 11.0. The van der Waals surface area contributed by atoms with Gasteiger partial charge < -0.3 is 4.74 Å². The Labute approximate surface area is 91.4 Å². The van der Waals surface area contributed by atoms with Gasteiger partial charge in [-0.3, -0.25) is 4.79 Å². The van der Waals surface area contributed by atoms with Crippen LogP contribution in [-0.4, -0.2) is 9.39 Å². The summed E-state index contributed by atoms with van der Waals surface area (Å²) < 4.78 is 5.50. The van der Waals surface area contributed by atoms with Gasteiger partial charge in [0.1, 0.15) is 5.75 Å². The van der Waals surface area contributed by atoms with Crippen LogP contribution < -0.4 is 4.74 Å². The van der Waals surface area contributed by atoms with Crippen molar-refractivity contribution < 1.29 is 9.53 Å². The minimum atomic E-state index is -0.748. The van der Waals surface area contributed by atoms with Crippen LogP contribution in [0.2, 0.25) is 0 Å². The molecule has 1 rings (SSSR count). The van der Waals surface area contributed by atoms with Crippen LogP contribution in [-0.2, 0) is 4.79 Å². The summed E-state index contributed by atoms with van der Waals surface area (Å²) in [6.07, 6.45) is 0. The van der Waals surface area contributed by atoms with Crippen molar-refractivity contribution in [3.8, 4) is 5.75 Å². The lowest BCUT2D eigenvalue weighted by Crippen LogP contribution is -2.34. The lowest BCUT2D eigenvalue weighted by Gasteiger charge is -2.22. The van der Waals surface area contributed by atoms with Crippen LogP contribution in [0.25, 0.3) is 0 Å². The zero-order chi connectivity index (χ0) is 9.90. The number of para-hydroxylation sites is 1. The topological polar surface area (TPSA) is 26.3 Å². The molecule has 2 nitrogen and oxygen atoms in total. The summed E-state index contributed by atoms with van der Waals surface area (Å²) in [7, 11) is 0. The van der Waals surface area contributed by atoms with Crippen molar-refractivity contribution in [2.75, 3.05) is 0 Å². The summed E-state index contributed by atoms with van der Waals surface area (Å²) >= 11 is 1.75. The van der Waals surface area contributed by atoms with Gasteiger partial charge in [0, 0.05) is 22.6 Å². The molecule has 0 radical (unpaired) electrons. The summed E-state index contributed by atoms with van der Waals surface area (Å²) in [4.78, 5) is 11.1. The fourth-order valence-electron chi connectivity index (χ4n) is 0.823. The molecule has 13 heavy (non-hydrogen) atoms. The zero-order valence-electron chi connectivity index (χ0n) is 7.58. The third-order valence-corrected chi connectivity index (χ3v) is 2.89. The Bertz CT molecular complexity index is 293. The summed E-state index contributed by atoms with van der Waals surface area (Å²) in [5.41, 5.74) is -0.748. The molecule has 0 aliphatic carbocycles. The number of hydrogen-bond donors (Lipinski definition) is 0. The second-order valence-corrected chi connectivity index (χ2v) is 4.18. The van der Waals surface area contributed by atoms with E-state index in [4.69, 9.17) is 4.74 Å². The molecule has 3 heteroatoms.